The summed E-state index contributed by atoms with van der Waals surface area (Å²) in [4.78, 5) is -0.586. The molecule has 0 aromatic heterocycles. The van der Waals surface area contributed by atoms with E-state index >= 15 is 0 Å². The fourth-order valence-corrected chi connectivity index (χ4v) is 3.75. The summed E-state index contributed by atoms with van der Waals surface area (Å²) >= 11 is 0. The molecule has 0 aliphatic heterocycles. The van der Waals surface area contributed by atoms with Crippen LogP contribution in [0.5, 0.6) is 0 Å². The summed E-state index contributed by atoms with van der Waals surface area (Å²) in [6.45, 7) is 0.271. The predicted molar refractivity (Wildman–Crippen MR) is 71.7 cm³/mol. The van der Waals surface area contributed by atoms with Gasteiger partial charge in [0.05, 0.1) is 0 Å². The van der Waals surface area contributed by atoms with Gasteiger partial charge < -0.3 is 5.32 Å². The molecule has 0 radical (unpaired) electrons. The van der Waals surface area contributed by atoms with Gasteiger partial charge in [-0.25, -0.2) is 17.2 Å². The Morgan fingerprint density at radius 1 is 1.35 bits per heavy atom. The molecule has 20 heavy (non-hydrogen) atoms. The van der Waals surface area contributed by atoms with E-state index in [9.17, 15) is 17.2 Å². The highest BCUT2D eigenvalue weighted by Gasteiger charge is 2.34. The van der Waals surface area contributed by atoms with E-state index in [-0.39, 0.29) is 12.6 Å². The molecule has 1 fully saturated rings. The van der Waals surface area contributed by atoms with Gasteiger partial charge in [0.15, 0.2) is 11.6 Å². The van der Waals surface area contributed by atoms with E-state index in [1.54, 1.807) is 7.05 Å². The Labute approximate surface area is 117 Å². The van der Waals surface area contributed by atoms with Crippen LogP contribution in [0, 0.1) is 11.6 Å². The van der Waals surface area contributed by atoms with Gasteiger partial charge in [-0.2, -0.15) is 4.31 Å². The minimum absolute atomic E-state index is 0.115. The molecule has 0 amide bonds. The summed E-state index contributed by atoms with van der Waals surface area (Å²) in [7, 11) is -0.936. The van der Waals surface area contributed by atoms with E-state index in [2.05, 4.69) is 5.32 Å². The molecule has 0 spiro atoms. The number of nitrogens with one attached hydrogen (secondary N) is 1. The van der Waals surface area contributed by atoms with Crippen LogP contribution in [0.1, 0.15) is 24.8 Å². The molecule has 112 valence electrons. The Balaban J connectivity index is 2.44. The first-order valence-electron chi connectivity index (χ1n) is 6.48. The van der Waals surface area contributed by atoms with Crippen molar-refractivity contribution in [3.63, 3.8) is 0 Å². The van der Waals surface area contributed by atoms with E-state index in [0.29, 0.717) is 5.56 Å². The van der Waals surface area contributed by atoms with Crippen LogP contribution in [0.15, 0.2) is 17.0 Å². The number of halogens is 2. The number of sulfonamides is 1. The number of nitrogens with zero attached hydrogens (tertiary/aromatic N) is 1. The summed E-state index contributed by atoms with van der Waals surface area (Å²) in [5.41, 5.74) is 0.395. The molecule has 1 aliphatic rings. The molecular weight excluding hydrogens is 286 g/mol. The maximum atomic E-state index is 13.9. The lowest BCUT2D eigenvalue weighted by Gasteiger charge is -2.33. The maximum Gasteiger partial charge on any atom is 0.246 e. The van der Waals surface area contributed by atoms with Gasteiger partial charge in [-0.15, -0.1) is 0 Å². The Kier molecular flexibility index (Phi) is 4.41. The topological polar surface area (TPSA) is 49.4 Å². The summed E-state index contributed by atoms with van der Waals surface area (Å²) in [5, 5.41) is 2.79. The molecule has 0 heterocycles. The normalized spacial score (nSPS) is 16.4. The zero-order chi connectivity index (χ0) is 14.9. The molecule has 0 bridgehead atoms. The third kappa shape index (κ3) is 2.70. The number of hydrogen-bond donors (Lipinski definition) is 1. The van der Waals surface area contributed by atoms with E-state index in [4.69, 9.17) is 0 Å². The molecule has 0 atom stereocenters. The van der Waals surface area contributed by atoms with Crippen molar-refractivity contribution in [1.29, 1.82) is 0 Å². The number of rotatable bonds is 5. The highest BCUT2D eigenvalue weighted by atomic mass is 32.2. The highest BCUT2D eigenvalue weighted by Crippen LogP contribution is 2.30. The lowest BCUT2D eigenvalue weighted by atomic mass is 9.94. The van der Waals surface area contributed by atoms with Gasteiger partial charge >= 0.3 is 0 Å². The standard InChI is InChI=1S/C13H18F2N2O2S/c1-16-8-9-6-11(14)13(15)12(7-9)20(18,19)17(2)10-4-3-5-10/h6-7,10,16H,3-5,8H2,1-2H3. The van der Waals surface area contributed by atoms with Crippen molar-refractivity contribution in [3.05, 3.63) is 29.3 Å². The molecule has 7 heteroatoms. The number of hydrogen-bond acceptors (Lipinski definition) is 3. The molecule has 1 aromatic rings. The Morgan fingerprint density at radius 2 is 2.00 bits per heavy atom. The molecule has 1 N–H and O–H groups in total. The van der Waals surface area contributed by atoms with Gasteiger partial charge in [0, 0.05) is 19.6 Å². The SMILES string of the molecule is CNCc1cc(F)c(F)c(S(=O)(=O)N(C)C2CCC2)c1. The average Bonchev–Trinajstić information content (AvgIpc) is 2.31. The van der Waals surface area contributed by atoms with E-state index in [1.165, 1.54) is 13.1 Å². The zero-order valence-corrected chi connectivity index (χ0v) is 12.3. The van der Waals surface area contributed by atoms with Crippen LogP contribution in [0.3, 0.4) is 0 Å². The second-order valence-corrected chi connectivity index (χ2v) is 6.99. The van der Waals surface area contributed by atoms with E-state index < -0.39 is 26.6 Å². The summed E-state index contributed by atoms with van der Waals surface area (Å²) < 4.78 is 53.4. The monoisotopic (exact) mass is 304 g/mol. The first kappa shape index (κ1) is 15.3. The molecule has 0 unspecified atom stereocenters. The van der Waals surface area contributed by atoms with Crippen LogP contribution < -0.4 is 5.32 Å². The van der Waals surface area contributed by atoms with Crippen LogP contribution in [0.25, 0.3) is 0 Å². The Morgan fingerprint density at radius 3 is 2.50 bits per heavy atom. The summed E-state index contributed by atoms with van der Waals surface area (Å²) in [6, 6.07) is 2.09. The van der Waals surface area contributed by atoms with Crippen molar-refractivity contribution < 1.29 is 17.2 Å². The second kappa shape index (κ2) is 5.75. The zero-order valence-electron chi connectivity index (χ0n) is 11.5. The van der Waals surface area contributed by atoms with E-state index in [1.807, 2.05) is 0 Å². The Hall–Kier alpha value is -1.05. The van der Waals surface area contributed by atoms with Gasteiger partial charge in [0.2, 0.25) is 10.0 Å². The van der Waals surface area contributed by atoms with Crippen molar-refractivity contribution in [2.45, 2.75) is 36.7 Å². The largest absolute Gasteiger partial charge is 0.316 e. The van der Waals surface area contributed by atoms with Gasteiger partial charge in [-0.3, -0.25) is 0 Å². The molecule has 2 rings (SSSR count). The van der Waals surface area contributed by atoms with Gasteiger partial charge in [0.1, 0.15) is 4.90 Å². The highest BCUT2D eigenvalue weighted by molar-refractivity contribution is 7.89. The van der Waals surface area contributed by atoms with Crippen LogP contribution in [-0.2, 0) is 16.6 Å². The Bertz CT molecular complexity index is 601. The summed E-state index contributed by atoms with van der Waals surface area (Å²) in [6.07, 6.45) is 2.48. The van der Waals surface area contributed by atoms with Crippen molar-refractivity contribution in [2.75, 3.05) is 14.1 Å². The van der Waals surface area contributed by atoms with E-state index in [0.717, 1.165) is 29.6 Å². The van der Waals surface area contributed by atoms with Crippen molar-refractivity contribution >= 4 is 10.0 Å². The average molecular weight is 304 g/mol. The first-order chi connectivity index (χ1) is 9.37. The van der Waals surface area contributed by atoms with Crippen molar-refractivity contribution in [2.24, 2.45) is 0 Å². The van der Waals surface area contributed by atoms with Crippen LogP contribution in [-0.4, -0.2) is 32.9 Å². The van der Waals surface area contributed by atoms with Crippen LogP contribution >= 0.6 is 0 Å². The third-order valence-corrected chi connectivity index (χ3v) is 5.59. The number of benzene rings is 1. The molecular formula is C13H18F2N2O2S. The maximum absolute atomic E-state index is 13.9. The minimum atomic E-state index is -4.00. The first-order valence-corrected chi connectivity index (χ1v) is 7.92. The molecule has 1 aliphatic carbocycles. The van der Waals surface area contributed by atoms with Gasteiger partial charge in [-0.1, -0.05) is 6.42 Å². The second-order valence-electron chi connectivity index (χ2n) is 5.03. The van der Waals surface area contributed by atoms with Gasteiger partial charge in [0.25, 0.3) is 0 Å². The molecule has 1 saturated carbocycles. The van der Waals surface area contributed by atoms with Crippen LogP contribution in [0.4, 0.5) is 8.78 Å². The fourth-order valence-electron chi connectivity index (χ4n) is 2.21. The lowest BCUT2D eigenvalue weighted by Crippen LogP contribution is -2.41. The predicted octanol–water partition coefficient (Wildman–Crippen LogP) is 1.86. The van der Waals surface area contributed by atoms with Crippen molar-refractivity contribution in [1.82, 2.24) is 9.62 Å². The van der Waals surface area contributed by atoms with Crippen LogP contribution in [0.2, 0.25) is 0 Å². The smallest absolute Gasteiger partial charge is 0.246 e. The molecule has 1 aromatic carbocycles. The molecule has 4 nitrogen and oxygen atoms in total. The minimum Gasteiger partial charge on any atom is -0.316 e. The van der Waals surface area contributed by atoms with Crippen molar-refractivity contribution in [3.8, 4) is 0 Å². The van der Waals surface area contributed by atoms with Gasteiger partial charge in [-0.05, 0) is 37.6 Å². The fraction of sp³-hybridized carbons (Fsp3) is 0.538. The lowest BCUT2D eigenvalue weighted by molar-refractivity contribution is 0.249. The summed E-state index contributed by atoms with van der Waals surface area (Å²) in [5.74, 6) is -2.45. The molecule has 0 saturated heterocycles. The third-order valence-electron chi connectivity index (χ3n) is 3.68. The quantitative estimate of drug-likeness (QED) is 0.903.